The van der Waals surface area contributed by atoms with Crippen molar-refractivity contribution in [2.24, 2.45) is 11.8 Å². The average Bonchev–Trinajstić information content (AvgIpc) is 2.94. The van der Waals surface area contributed by atoms with Gasteiger partial charge in [-0.2, -0.15) is 0 Å². The monoisotopic (exact) mass is 206 g/mol. The number of nitrogens with one attached hydrogen (secondary N) is 2. The van der Waals surface area contributed by atoms with Crippen molar-refractivity contribution in [2.75, 3.05) is 5.43 Å². The summed E-state index contributed by atoms with van der Waals surface area (Å²) in [6, 6.07) is 1.98. The van der Waals surface area contributed by atoms with Crippen LogP contribution in [0, 0.1) is 5.92 Å². The van der Waals surface area contributed by atoms with Crippen molar-refractivity contribution in [2.45, 2.75) is 19.4 Å². The van der Waals surface area contributed by atoms with Crippen LogP contribution in [-0.4, -0.2) is 16.9 Å². The van der Waals surface area contributed by atoms with Crippen molar-refractivity contribution in [1.82, 2.24) is 10.3 Å². The van der Waals surface area contributed by atoms with Gasteiger partial charge >= 0.3 is 0 Å². The van der Waals surface area contributed by atoms with Crippen LogP contribution in [0.5, 0.6) is 0 Å². The zero-order valence-electron chi connectivity index (χ0n) is 8.53. The molecule has 1 aliphatic rings. The molecule has 0 spiro atoms. The van der Waals surface area contributed by atoms with Gasteiger partial charge in [0, 0.05) is 18.4 Å². The van der Waals surface area contributed by atoms with Crippen LogP contribution in [-0.2, 0) is 0 Å². The summed E-state index contributed by atoms with van der Waals surface area (Å²) in [5, 5.41) is 2.92. The van der Waals surface area contributed by atoms with E-state index in [1.54, 1.807) is 12.3 Å². The van der Waals surface area contributed by atoms with Crippen LogP contribution in [0.2, 0.25) is 0 Å². The van der Waals surface area contributed by atoms with Crippen LogP contribution < -0.4 is 16.6 Å². The Balaban J connectivity index is 2.10. The fourth-order valence-corrected chi connectivity index (χ4v) is 1.47. The predicted octanol–water partition coefficient (Wildman–Crippen LogP) is 0.505. The Bertz CT molecular complexity index is 379. The van der Waals surface area contributed by atoms with Gasteiger partial charge in [0.15, 0.2) is 0 Å². The molecule has 80 valence electrons. The molecule has 0 saturated heterocycles. The molecule has 2 rings (SSSR count). The molecule has 1 aromatic heterocycles. The predicted molar refractivity (Wildman–Crippen MR) is 57.1 cm³/mol. The largest absolute Gasteiger partial charge is 0.349 e. The first kappa shape index (κ1) is 9.92. The Morgan fingerprint density at radius 2 is 2.40 bits per heavy atom. The van der Waals surface area contributed by atoms with Gasteiger partial charge in [0.25, 0.3) is 5.91 Å². The number of amides is 1. The molecule has 5 nitrogen and oxygen atoms in total. The number of nitrogen functional groups attached to an aromatic ring is 1. The van der Waals surface area contributed by atoms with Crippen molar-refractivity contribution in [3.05, 3.63) is 24.0 Å². The van der Waals surface area contributed by atoms with Crippen LogP contribution in [0.15, 0.2) is 18.5 Å². The fraction of sp³-hybridized carbons (Fsp3) is 0.400. The SMILES string of the molecule is CC1CC1NC(=O)c1cnccc1NN. The Morgan fingerprint density at radius 1 is 1.67 bits per heavy atom. The third-order valence-electron chi connectivity index (χ3n) is 2.65. The molecule has 5 heteroatoms. The lowest BCUT2D eigenvalue weighted by Gasteiger charge is -2.08. The van der Waals surface area contributed by atoms with Crippen LogP contribution in [0.25, 0.3) is 0 Å². The summed E-state index contributed by atoms with van der Waals surface area (Å²) in [4.78, 5) is 15.7. The van der Waals surface area contributed by atoms with Crippen LogP contribution in [0.1, 0.15) is 23.7 Å². The lowest BCUT2D eigenvalue weighted by molar-refractivity contribution is 0.0950. The Hall–Kier alpha value is -1.62. The molecule has 1 heterocycles. The van der Waals surface area contributed by atoms with E-state index in [0.717, 1.165) is 6.42 Å². The molecule has 2 atom stereocenters. The number of nitrogens with zero attached hydrogens (tertiary/aromatic N) is 1. The number of nitrogens with two attached hydrogens (primary N) is 1. The minimum absolute atomic E-state index is 0.120. The van der Waals surface area contributed by atoms with Crippen molar-refractivity contribution in [1.29, 1.82) is 0 Å². The van der Waals surface area contributed by atoms with E-state index in [2.05, 4.69) is 22.7 Å². The highest BCUT2D eigenvalue weighted by Crippen LogP contribution is 2.29. The summed E-state index contributed by atoms with van der Waals surface area (Å²) in [5.74, 6) is 5.77. The summed E-state index contributed by atoms with van der Waals surface area (Å²) in [6.07, 6.45) is 4.15. The second kappa shape index (κ2) is 3.86. The molecule has 1 aliphatic carbocycles. The molecule has 1 fully saturated rings. The summed E-state index contributed by atoms with van der Waals surface area (Å²) in [7, 11) is 0. The normalized spacial score (nSPS) is 23.3. The maximum Gasteiger partial charge on any atom is 0.255 e. The third kappa shape index (κ3) is 2.07. The first-order chi connectivity index (χ1) is 7.22. The smallest absolute Gasteiger partial charge is 0.255 e. The number of hydrazine groups is 1. The van der Waals surface area contributed by atoms with Gasteiger partial charge < -0.3 is 10.7 Å². The molecule has 15 heavy (non-hydrogen) atoms. The van der Waals surface area contributed by atoms with Crippen molar-refractivity contribution in [3.8, 4) is 0 Å². The molecule has 0 bridgehead atoms. The van der Waals surface area contributed by atoms with Crippen molar-refractivity contribution >= 4 is 11.6 Å². The number of hydrogen-bond acceptors (Lipinski definition) is 4. The van der Waals surface area contributed by atoms with Crippen molar-refractivity contribution < 1.29 is 4.79 Å². The molecule has 4 N–H and O–H groups in total. The lowest BCUT2D eigenvalue weighted by Crippen LogP contribution is -2.28. The van der Waals surface area contributed by atoms with Crippen LogP contribution >= 0.6 is 0 Å². The third-order valence-corrected chi connectivity index (χ3v) is 2.65. The quantitative estimate of drug-likeness (QED) is 0.497. The molecule has 1 aromatic rings. The average molecular weight is 206 g/mol. The number of carbonyl (C=O) groups excluding carboxylic acids is 1. The van der Waals surface area contributed by atoms with E-state index < -0.39 is 0 Å². The fourth-order valence-electron chi connectivity index (χ4n) is 1.47. The van der Waals surface area contributed by atoms with Crippen LogP contribution in [0.4, 0.5) is 5.69 Å². The Labute approximate surface area is 88.0 Å². The maximum atomic E-state index is 11.8. The van der Waals surface area contributed by atoms with Gasteiger partial charge in [0.1, 0.15) is 0 Å². The zero-order valence-corrected chi connectivity index (χ0v) is 8.53. The molecule has 0 aromatic carbocycles. The summed E-state index contributed by atoms with van der Waals surface area (Å²) < 4.78 is 0. The van der Waals surface area contributed by atoms with Gasteiger partial charge in [-0.15, -0.1) is 0 Å². The van der Waals surface area contributed by atoms with E-state index >= 15 is 0 Å². The van der Waals surface area contributed by atoms with Crippen molar-refractivity contribution in [3.63, 3.8) is 0 Å². The number of pyridine rings is 1. The zero-order chi connectivity index (χ0) is 10.8. The molecule has 1 saturated carbocycles. The molecule has 1 amide bonds. The Morgan fingerprint density at radius 3 is 3.00 bits per heavy atom. The van der Waals surface area contributed by atoms with E-state index in [9.17, 15) is 4.79 Å². The minimum Gasteiger partial charge on any atom is -0.349 e. The first-order valence-electron chi connectivity index (χ1n) is 4.94. The summed E-state index contributed by atoms with van der Waals surface area (Å²) >= 11 is 0. The standard InChI is InChI=1S/C10H14N4O/c1-6-4-9(6)13-10(15)7-5-12-3-2-8(7)14-11/h2-3,5-6,9H,4,11H2,1H3,(H,12,14)(H,13,15). The lowest BCUT2D eigenvalue weighted by atomic mass is 10.2. The van der Waals surface area contributed by atoms with E-state index in [-0.39, 0.29) is 5.91 Å². The minimum atomic E-state index is -0.120. The van der Waals surface area contributed by atoms with E-state index in [0.29, 0.717) is 23.2 Å². The molecule has 0 radical (unpaired) electrons. The maximum absolute atomic E-state index is 11.8. The number of hydrogen-bond donors (Lipinski definition) is 3. The highest BCUT2D eigenvalue weighted by molar-refractivity contribution is 5.99. The number of carbonyl (C=O) groups is 1. The summed E-state index contributed by atoms with van der Waals surface area (Å²) in [5.41, 5.74) is 3.56. The van der Waals surface area contributed by atoms with Gasteiger partial charge in [-0.05, 0) is 18.4 Å². The number of aromatic nitrogens is 1. The topological polar surface area (TPSA) is 80.0 Å². The molecular formula is C10H14N4O. The Kier molecular flexibility index (Phi) is 2.55. The van der Waals surface area contributed by atoms with E-state index in [4.69, 9.17) is 5.84 Å². The van der Waals surface area contributed by atoms with Gasteiger partial charge in [-0.3, -0.25) is 15.6 Å². The molecule has 2 unspecified atom stereocenters. The first-order valence-corrected chi connectivity index (χ1v) is 4.94. The van der Waals surface area contributed by atoms with Gasteiger partial charge in [0.05, 0.1) is 11.3 Å². The van der Waals surface area contributed by atoms with Crippen LogP contribution in [0.3, 0.4) is 0 Å². The highest BCUT2D eigenvalue weighted by atomic mass is 16.1. The van der Waals surface area contributed by atoms with Gasteiger partial charge in [0.2, 0.25) is 0 Å². The second-order valence-corrected chi connectivity index (χ2v) is 3.86. The number of rotatable bonds is 3. The van der Waals surface area contributed by atoms with Gasteiger partial charge in [-0.25, -0.2) is 0 Å². The summed E-state index contributed by atoms with van der Waals surface area (Å²) in [6.45, 7) is 2.11. The highest BCUT2D eigenvalue weighted by Gasteiger charge is 2.34. The molecule has 0 aliphatic heterocycles. The van der Waals surface area contributed by atoms with Gasteiger partial charge in [-0.1, -0.05) is 6.92 Å². The second-order valence-electron chi connectivity index (χ2n) is 3.86. The number of anilines is 1. The molecular weight excluding hydrogens is 192 g/mol. The van der Waals surface area contributed by atoms with E-state index in [1.807, 2.05) is 0 Å². The van der Waals surface area contributed by atoms with E-state index in [1.165, 1.54) is 6.20 Å².